The summed E-state index contributed by atoms with van der Waals surface area (Å²) in [6, 6.07) is -0.417. The van der Waals surface area contributed by atoms with Crippen LogP contribution in [-0.4, -0.2) is 59.2 Å². The summed E-state index contributed by atoms with van der Waals surface area (Å²) in [7, 11) is 0. The summed E-state index contributed by atoms with van der Waals surface area (Å²) in [5, 5.41) is 3.07. The van der Waals surface area contributed by atoms with Crippen molar-refractivity contribution in [2.45, 2.75) is 77.8 Å². The van der Waals surface area contributed by atoms with Crippen LogP contribution in [0.3, 0.4) is 0 Å². The Morgan fingerprint density at radius 3 is 2.26 bits per heavy atom. The van der Waals surface area contributed by atoms with Gasteiger partial charge in [-0.05, 0) is 38.5 Å². The summed E-state index contributed by atoms with van der Waals surface area (Å²) in [4.78, 5) is 42.0. The largest absolute Gasteiger partial charge is 0.344 e. The second-order valence-corrected chi connectivity index (χ2v) is 8.79. The molecule has 27 heavy (non-hydrogen) atoms. The molecule has 6 heteroatoms. The van der Waals surface area contributed by atoms with Crippen LogP contribution in [-0.2, 0) is 14.4 Å². The van der Waals surface area contributed by atoms with Gasteiger partial charge in [-0.2, -0.15) is 0 Å². The molecule has 1 N–H and O–H groups in total. The van der Waals surface area contributed by atoms with E-state index in [9.17, 15) is 14.4 Å². The first-order valence-electron chi connectivity index (χ1n) is 10.8. The van der Waals surface area contributed by atoms with Gasteiger partial charge >= 0.3 is 0 Å². The fraction of sp³-hybridized carbons (Fsp3) is 0.857. The lowest BCUT2D eigenvalue weighted by atomic mass is 9.95. The minimum absolute atomic E-state index is 0.0149. The smallest absolute Gasteiger partial charge is 0.245 e. The zero-order valence-electron chi connectivity index (χ0n) is 17.1. The van der Waals surface area contributed by atoms with Gasteiger partial charge in [0.2, 0.25) is 17.7 Å². The van der Waals surface area contributed by atoms with Gasteiger partial charge in [-0.25, -0.2) is 0 Å². The van der Waals surface area contributed by atoms with Crippen molar-refractivity contribution in [1.82, 2.24) is 15.1 Å². The van der Waals surface area contributed by atoms with Crippen LogP contribution in [0, 0.1) is 17.8 Å². The average molecular weight is 378 g/mol. The topological polar surface area (TPSA) is 69.7 Å². The molecule has 0 aromatic rings. The molecule has 0 spiro atoms. The molecule has 1 heterocycles. The maximum Gasteiger partial charge on any atom is 0.245 e. The van der Waals surface area contributed by atoms with Gasteiger partial charge in [0, 0.05) is 37.5 Å². The summed E-state index contributed by atoms with van der Waals surface area (Å²) in [6.45, 7) is 7.84. The number of carbonyl (C=O) groups excluding carboxylic acids is 3. The number of nitrogens with one attached hydrogen (secondary N) is 1. The zero-order valence-corrected chi connectivity index (χ0v) is 17.1. The predicted molar refractivity (Wildman–Crippen MR) is 104 cm³/mol. The van der Waals surface area contributed by atoms with Gasteiger partial charge in [-0.1, -0.05) is 33.1 Å². The van der Waals surface area contributed by atoms with E-state index >= 15 is 0 Å². The number of nitrogens with zero attached hydrogens (tertiary/aromatic N) is 2. The third-order valence-corrected chi connectivity index (χ3v) is 6.65. The van der Waals surface area contributed by atoms with E-state index in [1.54, 1.807) is 0 Å². The molecule has 2 saturated carbocycles. The Morgan fingerprint density at radius 2 is 1.70 bits per heavy atom. The fourth-order valence-electron chi connectivity index (χ4n) is 4.39. The molecule has 3 unspecified atom stereocenters. The van der Waals surface area contributed by atoms with Gasteiger partial charge in [0.05, 0.1) is 0 Å². The Morgan fingerprint density at radius 1 is 1.04 bits per heavy atom. The van der Waals surface area contributed by atoms with E-state index in [2.05, 4.69) is 12.2 Å². The Bertz CT molecular complexity index is 569. The van der Waals surface area contributed by atoms with Gasteiger partial charge in [0.1, 0.15) is 6.04 Å². The van der Waals surface area contributed by atoms with Crippen molar-refractivity contribution < 1.29 is 14.4 Å². The van der Waals surface area contributed by atoms with Crippen LogP contribution in [0.25, 0.3) is 0 Å². The third-order valence-electron chi connectivity index (χ3n) is 6.65. The normalized spacial score (nSPS) is 26.0. The molecule has 2 aliphatic carbocycles. The van der Waals surface area contributed by atoms with Crippen molar-refractivity contribution in [2.24, 2.45) is 17.8 Å². The van der Waals surface area contributed by atoms with Gasteiger partial charge in [0.15, 0.2) is 0 Å². The van der Waals surface area contributed by atoms with E-state index in [4.69, 9.17) is 0 Å². The number of hydrogen-bond donors (Lipinski definition) is 1. The van der Waals surface area contributed by atoms with Crippen molar-refractivity contribution in [3.8, 4) is 0 Å². The predicted octanol–water partition coefficient (Wildman–Crippen LogP) is 2.18. The molecule has 0 bridgehead atoms. The SMILES string of the molecule is CCC(C)C(NC(=O)C1CCCC1)C(=O)N1CCN(C(=O)C2CC2)C(C)C1. The van der Waals surface area contributed by atoms with Gasteiger partial charge in [-0.15, -0.1) is 0 Å². The molecule has 0 radical (unpaired) electrons. The zero-order chi connectivity index (χ0) is 19.6. The van der Waals surface area contributed by atoms with E-state index in [0.717, 1.165) is 44.9 Å². The summed E-state index contributed by atoms with van der Waals surface area (Å²) in [6.07, 6.45) is 6.94. The van der Waals surface area contributed by atoms with Crippen LogP contribution in [0.5, 0.6) is 0 Å². The molecule has 152 valence electrons. The molecule has 3 aliphatic rings. The van der Waals surface area contributed by atoms with Crippen molar-refractivity contribution in [3.63, 3.8) is 0 Å². The van der Waals surface area contributed by atoms with Crippen molar-refractivity contribution >= 4 is 17.7 Å². The molecule has 1 aliphatic heterocycles. The molecule has 3 rings (SSSR count). The Hall–Kier alpha value is -1.59. The maximum atomic E-state index is 13.2. The number of rotatable bonds is 6. The summed E-state index contributed by atoms with van der Waals surface area (Å²) >= 11 is 0. The number of carbonyl (C=O) groups is 3. The number of amides is 3. The minimum Gasteiger partial charge on any atom is -0.344 e. The van der Waals surface area contributed by atoms with Crippen molar-refractivity contribution in [2.75, 3.05) is 19.6 Å². The van der Waals surface area contributed by atoms with Crippen molar-refractivity contribution in [1.29, 1.82) is 0 Å². The molecule has 3 atom stereocenters. The fourth-order valence-corrected chi connectivity index (χ4v) is 4.39. The summed E-state index contributed by atoms with van der Waals surface area (Å²) < 4.78 is 0. The Kier molecular flexibility index (Phi) is 6.43. The molecule has 3 fully saturated rings. The highest BCUT2D eigenvalue weighted by molar-refractivity contribution is 5.89. The van der Waals surface area contributed by atoms with Crippen molar-refractivity contribution in [3.05, 3.63) is 0 Å². The lowest BCUT2D eigenvalue weighted by Crippen LogP contribution is -2.60. The van der Waals surface area contributed by atoms with E-state index < -0.39 is 6.04 Å². The van der Waals surface area contributed by atoms with E-state index in [1.807, 2.05) is 23.6 Å². The second-order valence-electron chi connectivity index (χ2n) is 8.79. The molecule has 1 saturated heterocycles. The molecule has 0 aromatic carbocycles. The Labute approximate surface area is 163 Å². The maximum absolute atomic E-state index is 13.2. The van der Waals surface area contributed by atoms with Crippen LogP contribution in [0.4, 0.5) is 0 Å². The third kappa shape index (κ3) is 4.64. The first kappa shape index (κ1) is 20.2. The lowest BCUT2D eigenvalue weighted by molar-refractivity contribution is -0.146. The molecule has 0 aromatic heterocycles. The molecule has 3 amide bonds. The number of hydrogen-bond acceptors (Lipinski definition) is 3. The van der Waals surface area contributed by atoms with Gasteiger partial charge < -0.3 is 15.1 Å². The van der Waals surface area contributed by atoms with Gasteiger partial charge in [0.25, 0.3) is 0 Å². The van der Waals surface area contributed by atoms with Crippen LogP contribution in [0.15, 0.2) is 0 Å². The first-order chi connectivity index (χ1) is 12.9. The standard InChI is InChI=1S/C21H35N3O3/c1-4-14(2)18(22-19(25)16-7-5-6-8-16)21(27)23-11-12-24(15(3)13-23)20(26)17-9-10-17/h14-18H,4-13H2,1-3H3,(H,22,25). The average Bonchev–Trinajstić information content (AvgIpc) is 3.37. The molecular formula is C21H35N3O3. The van der Waals surface area contributed by atoms with Crippen LogP contribution < -0.4 is 5.32 Å². The molecule has 6 nitrogen and oxygen atoms in total. The second kappa shape index (κ2) is 8.61. The minimum atomic E-state index is -0.457. The van der Waals surface area contributed by atoms with Crippen LogP contribution in [0.1, 0.15) is 65.7 Å². The van der Waals surface area contributed by atoms with E-state index in [-0.39, 0.29) is 41.5 Å². The highest BCUT2D eigenvalue weighted by Crippen LogP contribution is 2.32. The Balaban J connectivity index is 1.61. The quantitative estimate of drug-likeness (QED) is 0.771. The van der Waals surface area contributed by atoms with E-state index in [1.165, 1.54) is 0 Å². The van der Waals surface area contributed by atoms with Crippen LogP contribution in [0.2, 0.25) is 0 Å². The highest BCUT2D eigenvalue weighted by Gasteiger charge is 2.40. The summed E-state index contributed by atoms with van der Waals surface area (Å²) in [5.74, 6) is 0.694. The lowest BCUT2D eigenvalue weighted by Gasteiger charge is -2.42. The first-order valence-corrected chi connectivity index (χ1v) is 10.8. The monoisotopic (exact) mass is 377 g/mol. The van der Waals surface area contributed by atoms with Gasteiger partial charge in [-0.3, -0.25) is 14.4 Å². The number of piperazine rings is 1. The summed E-state index contributed by atoms with van der Waals surface area (Å²) in [5.41, 5.74) is 0. The van der Waals surface area contributed by atoms with Crippen LogP contribution >= 0.6 is 0 Å². The highest BCUT2D eigenvalue weighted by atomic mass is 16.2. The molecular weight excluding hydrogens is 342 g/mol. The van der Waals surface area contributed by atoms with E-state index in [0.29, 0.717) is 19.6 Å².